The number of ether oxygens (including phenoxy) is 1. The van der Waals surface area contributed by atoms with E-state index in [1.54, 1.807) is 38.4 Å². The van der Waals surface area contributed by atoms with E-state index in [2.05, 4.69) is 5.32 Å². The monoisotopic (exact) mass is 278 g/mol. The molecular weight excluding hydrogens is 260 g/mol. The van der Waals surface area contributed by atoms with Gasteiger partial charge in [-0.2, -0.15) is 0 Å². The quantitative estimate of drug-likeness (QED) is 0.779. The van der Waals surface area contributed by atoms with Gasteiger partial charge in [0.1, 0.15) is 0 Å². The minimum Gasteiger partial charge on any atom is -0.478 e. The molecule has 0 radical (unpaired) electrons. The maximum atomic E-state index is 11.8. The average Bonchev–Trinajstić information content (AvgIpc) is 2.43. The number of urea groups is 1. The number of carbonyl (C=O) groups is 2. The summed E-state index contributed by atoms with van der Waals surface area (Å²) < 4.78 is 4.90. The smallest absolute Gasteiger partial charge is 0.328 e. The third kappa shape index (κ3) is 5.53. The summed E-state index contributed by atoms with van der Waals surface area (Å²) in [6, 6.07) is 6.65. The molecule has 0 unspecified atom stereocenters. The molecule has 0 atom stereocenters. The fourth-order valence-electron chi connectivity index (χ4n) is 1.39. The molecule has 108 valence electrons. The van der Waals surface area contributed by atoms with Gasteiger partial charge in [-0.1, -0.05) is 12.1 Å². The second-order valence-corrected chi connectivity index (χ2v) is 4.14. The molecule has 1 rings (SSSR count). The van der Waals surface area contributed by atoms with Gasteiger partial charge >= 0.3 is 12.0 Å². The fraction of sp³-hybridized carbons (Fsp3) is 0.286. The van der Waals surface area contributed by atoms with Crippen molar-refractivity contribution in [3.8, 4) is 0 Å². The highest BCUT2D eigenvalue weighted by Crippen LogP contribution is 2.11. The number of carbonyl (C=O) groups excluding carboxylic acids is 1. The van der Waals surface area contributed by atoms with Gasteiger partial charge in [0.05, 0.1) is 6.61 Å². The molecule has 0 bridgehead atoms. The minimum atomic E-state index is -0.998. The zero-order chi connectivity index (χ0) is 15.0. The Morgan fingerprint density at radius 2 is 2.00 bits per heavy atom. The van der Waals surface area contributed by atoms with Crippen LogP contribution in [-0.4, -0.2) is 49.3 Å². The summed E-state index contributed by atoms with van der Waals surface area (Å²) in [6.45, 7) is 0.977. The van der Waals surface area contributed by atoms with Crippen molar-refractivity contribution >= 4 is 23.8 Å². The van der Waals surface area contributed by atoms with Crippen molar-refractivity contribution in [1.82, 2.24) is 4.90 Å². The number of methoxy groups -OCH3 is 1. The van der Waals surface area contributed by atoms with Crippen molar-refractivity contribution in [3.63, 3.8) is 0 Å². The number of amides is 2. The number of aliphatic carboxylic acids is 1. The summed E-state index contributed by atoms with van der Waals surface area (Å²) in [5.41, 5.74) is 1.39. The summed E-state index contributed by atoms with van der Waals surface area (Å²) in [7, 11) is 3.26. The summed E-state index contributed by atoms with van der Waals surface area (Å²) >= 11 is 0. The number of anilines is 1. The van der Waals surface area contributed by atoms with Crippen molar-refractivity contribution in [1.29, 1.82) is 0 Å². The van der Waals surface area contributed by atoms with Crippen LogP contribution in [-0.2, 0) is 9.53 Å². The van der Waals surface area contributed by atoms with Gasteiger partial charge in [-0.3, -0.25) is 0 Å². The fourth-order valence-corrected chi connectivity index (χ4v) is 1.39. The first-order valence-electron chi connectivity index (χ1n) is 6.05. The van der Waals surface area contributed by atoms with Crippen LogP contribution in [0.5, 0.6) is 0 Å². The number of likely N-dealkylation sites (N-methyl/N-ethyl adjacent to an activating group) is 1. The van der Waals surface area contributed by atoms with E-state index < -0.39 is 5.97 Å². The van der Waals surface area contributed by atoms with Gasteiger partial charge in [0, 0.05) is 32.5 Å². The van der Waals surface area contributed by atoms with Crippen LogP contribution < -0.4 is 5.32 Å². The van der Waals surface area contributed by atoms with Crippen LogP contribution >= 0.6 is 0 Å². The Morgan fingerprint density at radius 3 is 2.55 bits per heavy atom. The van der Waals surface area contributed by atoms with Crippen LogP contribution in [0.1, 0.15) is 5.56 Å². The Balaban J connectivity index is 2.56. The van der Waals surface area contributed by atoms with Crippen LogP contribution in [0.3, 0.4) is 0 Å². The van der Waals surface area contributed by atoms with Crippen molar-refractivity contribution in [2.24, 2.45) is 0 Å². The molecule has 0 saturated carbocycles. The number of hydrogen-bond donors (Lipinski definition) is 2. The maximum absolute atomic E-state index is 11.8. The lowest BCUT2D eigenvalue weighted by molar-refractivity contribution is -0.131. The molecule has 2 amide bonds. The molecule has 20 heavy (non-hydrogen) atoms. The van der Waals surface area contributed by atoms with Crippen LogP contribution in [0.15, 0.2) is 30.3 Å². The van der Waals surface area contributed by atoms with Gasteiger partial charge in [0.15, 0.2) is 0 Å². The molecule has 0 fully saturated rings. The van der Waals surface area contributed by atoms with Gasteiger partial charge < -0.3 is 20.1 Å². The molecule has 0 spiro atoms. The largest absolute Gasteiger partial charge is 0.478 e. The molecule has 2 N–H and O–H groups in total. The molecule has 0 aliphatic carbocycles. The number of nitrogens with zero attached hydrogens (tertiary/aromatic N) is 1. The predicted molar refractivity (Wildman–Crippen MR) is 76.6 cm³/mol. The summed E-state index contributed by atoms with van der Waals surface area (Å²) in [5, 5.41) is 11.3. The van der Waals surface area contributed by atoms with E-state index in [4.69, 9.17) is 9.84 Å². The Bertz CT molecular complexity index is 482. The highest BCUT2D eigenvalue weighted by atomic mass is 16.5. The number of benzene rings is 1. The number of nitrogens with one attached hydrogen (secondary N) is 1. The van der Waals surface area contributed by atoms with Crippen LogP contribution in [0, 0.1) is 0 Å². The highest BCUT2D eigenvalue weighted by molar-refractivity contribution is 5.89. The lowest BCUT2D eigenvalue weighted by Crippen LogP contribution is -2.33. The van der Waals surface area contributed by atoms with E-state index in [9.17, 15) is 9.59 Å². The predicted octanol–water partition coefficient (Wildman–Crippen LogP) is 1.89. The Kier molecular flexibility index (Phi) is 6.25. The van der Waals surface area contributed by atoms with Crippen molar-refractivity contribution in [3.05, 3.63) is 35.9 Å². The van der Waals surface area contributed by atoms with E-state index in [0.717, 1.165) is 11.6 Å². The number of carboxylic acids is 1. The van der Waals surface area contributed by atoms with Gasteiger partial charge in [-0.25, -0.2) is 9.59 Å². The van der Waals surface area contributed by atoms with Crippen LogP contribution in [0.2, 0.25) is 0 Å². The standard InChI is InChI=1S/C14H18N2O4/c1-16(9-10-20-2)14(19)15-12-6-3-11(4-7-12)5-8-13(17)18/h3-8H,9-10H2,1-2H3,(H,15,19)(H,17,18). The minimum absolute atomic E-state index is 0.226. The third-order valence-electron chi connectivity index (χ3n) is 2.56. The molecule has 0 saturated heterocycles. The maximum Gasteiger partial charge on any atom is 0.328 e. The van der Waals surface area contributed by atoms with Gasteiger partial charge in [0.25, 0.3) is 0 Å². The second-order valence-electron chi connectivity index (χ2n) is 4.14. The lowest BCUT2D eigenvalue weighted by atomic mass is 10.2. The third-order valence-corrected chi connectivity index (χ3v) is 2.56. The molecule has 0 heterocycles. The first-order valence-corrected chi connectivity index (χ1v) is 6.05. The zero-order valence-corrected chi connectivity index (χ0v) is 11.5. The Labute approximate surface area is 117 Å². The first-order chi connectivity index (χ1) is 9.52. The van der Waals surface area contributed by atoms with Gasteiger partial charge in [-0.15, -0.1) is 0 Å². The molecule has 0 aliphatic heterocycles. The summed E-state index contributed by atoms with van der Waals surface area (Å²) in [4.78, 5) is 23.7. The second kappa shape index (κ2) is 7.96. The molecule has 0 aromatic heterocycles. The zero-order valence-electron chi connectivity index (χ0n) is 11.5. The Morgan fingerprint density at radius 1 is 1.35 bits per heavy atom. The molecular formula is C14H18N2O4. The van der Waals surface area contributed by atoms with E-state index in [1.165, 1.54) is 11.0 Å². The van der Waals surface area contributed by atoms with Crippen molar-refractivity contribution in [2.45, 2.75) is 0 Å². The number of carboxylic acid groups (broad SMARTS) is 1. The molecule has 1 aromatic carbocycles. The average molecular weight is 278 g/mol. The number of rotatable bonds is 6. The van der Waals surface area contributed by atoms with E-state index >= 15 is 0 Å². The van der Waals surface area contributed by atoms with Gasteiger partial charge in [-0.05, 0) is 23.8 Å². The SMILES string of the molecule is COCCN(C)C(=O)Nc1ccc(C=CC(=O)O)cc1. The van der Waals surface area contributed by atoms with E-state index in [0.29, 0.717) is 18.8 Å². The molecule has 1 aromatic rings. The van der Waals surface area contributed by atoms with E-state index in [-0.39, 0.29) is 6.03 Å². The van der Waals surface area contributed by atoms with Crippen molar-refractivity contribution < 1.29 is 19.4 Å². The Hall–Kier alpha value is -2.34. The molecule has 6 heteroatoms. The molecule has 0 aliphatic rings. The summed E-state index contributed by atoms with van der Waals surface area (Å²) in [5.74, 6) is -0.998. The first kappa shape index (κ1) is 15.7. The van der Waals surface area contributed by atoms with Crippen LogP contribution in [0.25, 0.3) is 6.08 Å². The van der Waals surface area contributed by atoms with Crippen molar-refractivity contribution in [2.75, 3.05) is 32.6 Å². The molecule has 6 nitrogen and oxygen atoms in total. The normalized spacial score (nSPS) is 10.5. The van der Waals surface area contributed by atoms with Crippen LogP contribution in [0.4, 0.5) is 10.5 Å². The van der Waals surface area contributed by atoms with E-state index in [1.807, 2.05) is 0 Å². The topological polar surface area (TPSA) is 78.9 Å². The number of hydrogen-bond acceptors (Lipinski definition) is 3. The highest BCUT2D eigenvalue weighted by Gasteiger charge is 2.07. The lowest BCUT2D eigenvalue weighted by Gasteiger charge is -2.17. The summed E-state index contributed by atoms with van der Waals surface area (Å²) in [6.07, 6.45) is 2.55. The van der Waals surface area contributed by atoms with Gasteiger partial charge in [0.2, 0.25) is 0 Å².